The number of nitriles is 1. The monoisotopic (exact) mass is 300 g/mol. The minimum atomic E-state index is -0.771. The van der Waals surface area contributed by atoms with Gasteiger partial charge in [0, 0.05) is 10.5 Å². The van der Waals surface area contributed by atoms with Gasteiger partial charge in [-0.15, -0.1) is 0 Å². The van der Waals surface area contributed by atoms with E-state index in [2.05, 4.69) is 10.0 Å². The molecule has 7 nitrogen and oxygen atoms in total. The van der Waals surface area contributed by atoms with Gasteiger partial charge in [-0.05, 0) is 11.4 Å². The van der Waals surface area contributed by atoms with Crippen LogP contribution >= 0.6 is 0 Å². The highest BCUT2D eigenvalue weighted by Gasteiger charge is 2.47. The second-order valence-electron chi connectivity index (χ2n) is 5.46. The number of nitrogens with zero attached hydrogens (tertiary/aromatic N) is 4. The van der Waals surface area contributed by atoms with Crippen molar-refractivity contribution in [2.75, 3.05) is 6.61 Å². The molecule has 0 N–H and O–H groups in total. The quantitative estimate of drug-likeness (QED) is 0.476. The molecule has 2 aliphatic rings. The third-order valence-electron chi connectivity index (χ3n) is 4.13. The van der Waals surface area contributed by atoms with Crippen molar-refractivity contribution in [3.05, 3.63) is 46.3 Å². The summed E-state index contributed by atoms with van der Waals surface area (Å²) >= 11 is 0. The van der Waals surface area contributed by atoms with E-state index in [1.165, 1.54) is 0 Å². The Hall–Kier alpha value is -2.10. The highest BCUT2D eigenvalue weighted by Crippen LogP contribution is 2.37. The van der Waals surface area contributed by atoms with E-state index in [9.17, 15) is 5.26 Å². The largest absolute Gasteiger partial charge is 0.354 e. The zero-order valence-corrected chi connectivity index (χ0v) is 12.1. The maximum absolute atomic E-state index is 9.19. The first-order valence-electron chi connectivity index (χ1n) is 7.16. The molecule has 1 aromatic rings. The molecular formula is C15H16N4O3. The first-order valence-corrected chi connectivity index (χ1v) is 7.16. The Morgan fingerprint density at radius 1 is 1.32 bits per heavy atom. The molecule has 0 aromatic heterocycles. The van der Waals surface area contributed by atoms with E-state index in [1.54, 1.807) is 0 Å². The van der Waals surface area contributed by atoms with Crippen LogP contribution in [-0.4, -0.2) is 31.0 Å². The molecule has 0 bridgehead atoms. The molecule has 2 fully saturated rings. The predicted octanol–water partition coefficient (Wildman–Crippen LogP) is 2.71. The van der Waals surface area contributed by atoms with Crippen LogP contribution in [0.1, 0.15) is 18.8 Å². The Kier molecular flexibility index (Phi) is 4.27. The van der Waals surface area contributed by atoms with Gasteiger partial charge in [0.05, 0.1) is 24.8 Å². The van der Waals surface area contributed by atoms with Crippen LogP contribution < -0.4 is 0 Å². The molecule has 0 amide bonds. The second kappa shape index (κ2) is 6.34. The van der Waals surface area contributed by atoms with E-state index in [1.807, 2.05) is 43.3 Å². The van der Waals surface area contributed by atoms with Gasteiger partial charge < -0.3 is 14.2 Å². The summed E-state index contributed by atoms with van der Waals surface area (Å²) in [6.07, 6.45) is -1.85. The number of hydrogen-bond donors (Lipinski definition) is 0. The normalized spacial score (nSPS) is 37.5. The van der Waals surface area contributed by atoms with Gasteiger partial charge in [0.2, 0.25) is 0 Å². The predicted molar refractivity (Wildman–Crippen MR) is 76.4 cm³/mol. The van der Waals surface area contributed by atoms with Crippen molar-refractivity contribution >= 4 is 0 Å². The second-order valence-corrected chi connectivity index (χ2v) is 5.46. The van der Waals surface area contributed by atoms with Gasteiger partial charge in [0.1, 0.15) is 6.10 Å². The number of fused-ring (bicyclic) bond motifs is 1. The van der Waals surface area contributed by atoms with Crippen LogP contribution in [0.5, 0.6) is 0 Å². The van der Waals surface area contributed by atoms with Crippen LogP contribution in [-0.2, 0) is 14.2 Å². The summed E-state index contributed by atoms with van der Waals surface area (Å²) < 4.78 is 17.4. The number of azide groups is 1. The lowest BCUT2D eigenvalue weighted by Crippen LogP contribution is -2.57. The highest BCUT2D eigenvalue weighted by molar-refractivity contribution is 5.17. The van der Waals surface area contributed by atoms with E-state index in [-0.39, 0.29) is 18.1 Å². The molecule has 22 heavy (non-hydrogen) atoms. The van der Waals surface area contributed by atoms with Crippen LogP contribution in [0.3, 0.4) is 0 Å². The molecular weight excluding hydrogens is 284 g/mol. The topological polar surface area (TPSA) is 100 Å². The van der Waals surface area contributed by atoms with Crippen LogP contribution in [0.15, 0.2) is 35.4 Å². The zero-order chi connectivity index (χ0) is 15.5. The van der Waals surface area contributed by atoms with Crippen LogP contribution in [0.25, 0.3) is 10.4 Å². The fourth-order valence-electron chi connectivity index (χ4n) is 2.98. The van der Waals surface area contributed by atoms with Gasteiger partial charge in [0.15, 0.2) is 12.4 Å². The van der Waals surface area contributed by atoms with E-state index >= 15 is 0 Å². The number of hydrogen-bond acceptors (Lipinski definition) is 5. The van der Waals surface area contributed by atoms with Crippen molar-refractivity contribution in [3.8, 4) is 6.07 Å². The van der Waals surface area contributed by atoms with E-state index in [4.69, 9.17) is 19.7 Å². The van der Waals surface area contributed by atoms with Crippen molar-refractivity contribution in [1.29, 1.82) is 5.26 Å². The van der Waals surface area contributed by atoms with Gasteiger partial charge in [-0.25, -0.2) is 0 Å². The van der Waals surface area contributed by atoms with Gasteiger partial charge in [-0.3, -0.25) is 0 Å². The minimum Gasteiger partial charge on any atom is -0.354 e. The lowest BCUT2D eigenvalue weighted by Gasteiger charge is -2.46. The third-order valence-corrected chi connectivity index (χ3v) is 4.13. The molecule has 0 spiro atoms. The molecule has 6 atom stereocenters. The average molecular weight is 300 g/mol. The molecule has 3 rings (SSSR count). The summed E-state index contributed by atoms with van der Waals surface area (Å²) in [5.74, 6) is -0.130. The average Bonchev–Trinajstić information content (AvgIpc) is 2.58. The number of rotatable bonds is 2. The first-order chi connectivity index (χ1) is 10.7. The summed E-state index contributed by atoms with van der Waals surface area (Å²) in [4.78, 5) is 2.83. The Morgan fingerprint density at radius 2 is 2.09 bits per heavy atom. The Morgan fingerprint density at radius 3 is 2.77 bits per heavy atom. The lowest BCUT2D eigenvalue weighted by atomic mass is 9.86. The Labute approximate surface area is 128 Å². The lowest BCUT2D eigenvalue weighted by molar-refractivity contribution is -0.298. The molecule has 7 heteroatoms. The van der Waals surface area contributed by atoms with Gasteiger partial charge in [-0.1, -0.05) is 42.4 Å². The Bertz CT molecular complexity index is 611. The molecule has 0 aliphatic carbocycles. The minimum absolute atomic E-state index is 0.130. The molecule has 2 saturated heterocycles. The summed E-state index contributed by atoms with van der Waals surface area (Å²) in [5.41, 5.74) is 9.63. The highest BCUT2D eigenvalue weighted by atomic mass is 16.7. The van der Waals surface area contributed by atoms with E-state index in [0.29, 0.717) is 6.61 Å². The maximum Gasteiger partial charge on any atom is 0.184 e. The van der Waals surface area contributed by atoms with Crippen molar-refractivity contribution in [2.24, 2.45) is 11.0 Å². The van der Waals surface area contributed by atoms with Crippen molar-refractivity contribution < 1.29 is 14.2 Å². The molecule has 2 heterocycles. The maximum atomic E-state index is 9.19. The fourth-order valence-corrected chi connectivity index (χ4v) is 2.98. The van der Waals surface area contributed by atoms with Crippen molar-refractivity contribution in [2.45, 2.75) is 37.6 Å². The molecule has 3 unspecified atom stereocenters. The standard InChI is InChI=1S/C15H16N4O3/c1-9-13(18-19-17)11(7-16)21-12-8-20-15(22-14(9)12)10-5-3-2-4-6-10/h2-6,9,11-15H,8H2,1H3/t9-,11+,12?,13?,14-,15?/m1/s1. The third kappa shape index (κ3) is 2.65. The molecule has 2 aliphatic heterocycles. The first kappa shape index (κ1) is 14.8. The van der Waals surface area contributed by atoms with E-state index in [0.717, 1.165) is 5.56 Å². The van der Waals surface area contributed by atoms with Crippen LogP contribution in [0.2, 0.25) is 0 Å². The van der Waals surface area contributed by atoms with Gasteiger partial charge >= 0.3 is 0 Å². The van der Waals surface area contributed by atoms with Gasteiger partial charge in [-0.2, -0.15) is 5.26 Å². The fraction of sp³-hybridized carbons (Fsp3) is 0.533. The zero-order valence-electron chi connectivity index (χ0n) is 12.1. The van der Waals surface area contributed by atoms with Crippen LogP contribution in [0, 0.1) is 17.2 Å². The SMILES string of the molecule is C[C@@H]1C(N=[N+]=[N-])[C@H](C#N)OC2COC(c3ccccc3)O[C@@H]21. The molecule has 0 radical (unpaired) electrons. The summed E-state index contributed by atoms with van der Waals surface area (Å²) in [7, 11) is 0. The van der Waals surface area contributed by atoms with E-state index < -0.39 is 18.4 Å². The van der Waals surface area contributed by atoms with Gasteiger partial charge in [0.25, 0.3) is 0 Å². The smallest absolute Gasteiger partial charge is 0.184 e. The van der Waals surface area contributed by atoms with Crippen molar-refractivity contribution in [1.82, 2.24) is 0 Å². The summed E-state index contributed by atoms with van der Waals surface area (Å²) in [6, 6.07) is 11.1. The number of benzene rings is 1. The molecule has 114 valence electrons. The van der Waals surface area contributed by atoms with Crippen molar-refractivity contribution in [3.63, 3.8) is 0 Å². The molecule has 1 aromatic carbocycles. The Balaban J connectivity index is 1.80. The number of ether oxygens (including phenoxy) is 3. The summed E-state index contributed by atoms with van der Waals surface area (Å²) in [5, 5.41) is 12.9. The van der Waals surface area contributed by atoms with Crippen LogP contribution in [0.4, 0.5) is 0 Å². The summed E-state index contributed by atoms with van der Waals surface area (Å²) in [6.45, 7) is 2.26. The molecule has 0 saturated carbocycles.